The van der Waals surface area contributed by atoms with Gasteiger partial charge in [-0.25, -0.2) is 0 Å². The highest BCUT2D eigenvalue weighted by Gasteiger charge is 2.35. The van der Waals surface area contributed by atoms with Crippen LogP contribution in [-0.4, -0.2) is 23.3 Å². The van der Waals surface area contributed by atoms with E-state index in [0.29, 0.717) is 17.7 Å². The van der Waals surface area contributed by atoms with Gasteiger partial charge < -0.3 is 0 Å². The molecule has 1 aromatic rings. The Morgan fingerprint density at radius 1 is 1.29 bits per heavy atom. The van der Waals surface area contributed by atoms with E-state index in [4.69, 9.17) is 0 Å². The molecule has 1 aliphatic rings. The van der Waals surface area contributed by atoms with Crippen LogP contribution >= 0.6 is 22.6 Å². The number of amides is 2. The van der Waals surface area contributed by atoms with Crippen LogP contribution in [0, 0.1) is 3.57 Å². The van der Waals surface area contributed by atoms with Crippen molar-refractivity contribution in [2.24, 2.45) is 0 Å². The Balaban J connectivity index is 2.64. The summed E-state index contributed by atoms with van der Waals surface area (Å²) in [5.74, 6) is -0.344. The second kappa shape index (κ2) is 3.34. The molecule has 0 radical (unpaired) electrons. The first kappa shape index (κ1) is 9.64. The van der Waals surface area contributed by atoms with E-state index < -0.39 is 0 Å². The monoisotopic (exact) mass is 301 g/mol. The van der Waals surface area contributed by atoms with Gasteiger partial charge in [-0.3, -0.25) is 14.5 Å². The van der Waals surface area contributed by atoms with Crippen LogP contribution < -0.4 is 0 Å². The molecule has 14 heavy (non-hydrogen) atoms. The summed E-state index contributed by atoms with van der Waals surface area (Å²) in [6.45, 7) is 2.23. The molecule has 3 nitrogen and oxygen atoms in total. The molecule has 0 unspecified atom stereocenters. The van der Waals surface area contributed by atoms with Crippen molar-refractivity contribution in [2.45, 2.75) is 6.92 Å². The highest BCUT2D eigenvalue weighted by Crippen LogP contribution is 2.26. The summed E-state index contributed by atoms with van der Waals surface area (Å²) in [4.78, 5) is 24.7. The van der Waals surface area contributed by atoms with Gasteiger partial charge in [-0.1, -0.05) is 6.07 Å². The summed E-state index contributed by atoms with van der Waals surface area (Å²) in [7, 11) is 0. The van der Waals surface area contributed by atoms with Gasteiger partial charge >= 0.3 is 0 Å². The van der Waals surface area contributed by atoms with Crippen LogP contribution in [0.25, 0.3) is 0 Å². The molecule has 0 saturated carbocycles. The quantitative estimate of drug-likeness (QED) is 0.587. The standard InChI is InChI=1S/C10H8INO2/c1-2-12-9(13)6-4-3-5-7(11)8(6)10(12)14/h3-5H,2H2,1H3. The number of hydrogen-bond donors (Lipinski definition) is 0. The van der Waals surface area contributed by atoms with Crippen molar-refractivity contribution < 1.29 is 9.59 Å². The molecule has 0 spiro atoms. The van der Waals surface area contributed by atoms with Gasteiger partial charge in [0.05, 0.1) is 11.1 Å². The maximum Gasteiger partial charge on any atom is 0.262 e. The Bertz CT molecular complexity index is 428. The lowest BCUT2D eigenvalue weighted by Gasteiger charge is -2.08. The van der Waals surface area contributed by atoms with Crippen LogP contribution in [0.4, 0.5) is 0 Å². The van der Waals surface area contributed by atoms with Crippen molar-refractivity contribution in [2.75, 3.05) is 6.54 Å². The van der Waals surface area contributed by atoms with Gasteiger partial charge in [-0.2, -0.15) is 0 Å². The largest absolute Gasteiger partial charge is 0.275 e. The van der Waals surface area contributed by atoms with Crippen molar-refractivity contribution >= 4 is 34.4 Å². The van der Waals surface area contributed by atoms with Crippen molar-refractivity contribution in [1.82, 2.24) is 4.90 Å². The fraction of sp³-hybridized carbons (Fsp3) is 0.200. The van der Waals surface area contributed by atoms with Gasteiger partial charge in [0.25, 0.3) is 11.8 Å². The molecule has 0 N–H and O–H groups in total. The van der Waals surface area contributed by atoms with E-state index in [1.54, 1.807) is 19.1 Å². The predicted octanol–water partition coefficient (Wildman–Crippen LogP) is 1.91. The lowest BCUT2D eigenvalue weighted by Crippen LogP contribution is -2.29. The van der Waals surface area contributed by atoms with Gasteiger partial charge in [0, 0.05) is 10.1 Å². The van der Waals surface area contributed by atoms with E-state index in [2.05, 4.69) is 22.6 Å². The number of rotatable bonds is 1. The summed E-state index contributed by atoms with van der Waals surface area (Å²) in [5, 5.41) is 0. The van der Waals surface area contributed by atoms with Crippen molar-refractivity contribution in [3.63, 3.8) is 0 Å². The van der Waals surface area contributed by atoms with Crippen molar-refractivity contribution in [3.8, 4) is 0 Å². The zero-order chi connectivity index (χ0) is 10.3. The number of hydrogen-bond acceptors (Lipinski definition) is 2. The molecule has 1 aromatic carbocycles. The molecule has 0 bridgehead atoms. The van der Waals surface area contributed by atoms with E-state index in [0.717, 1.165) is 3.57 Å². The van der Waals surface area contributed by atoms with E-state index in [-0.39, 0.29) is 11.8 Å². The van der Waals surface area contributed by atoms with E-state index in [1.807, 2.05) is 6.07 Å². The third-order valence-electron chi connectivity index (χ3n) is 2.26. The third-order valence-corrected chi connectivity index (χ3v) is 3.16. The summed E-state index contributed by atoms with van der Waals surface area (Å²) in [6, 6.07) is 5.34. The van der Waals surface area contributed by atoms with Gasteiger partial charge in [-0.15, -0.1) is 0 Å². The number of nitrogens with zero attached hydrogens (tertiary/aromatic N) is 1. The topological polar surface area (TPSA) is 37.4 Å². The normalized spacial score (nSPS) is 14.9. The van der Waals surface area contributed by atoms with Crippen LogP contribution in [0.2, 0.25) is 0 Å². The maximum atomic E-state index is 11.8. The molecule has 0 aromatic heterocycles. The van der Waals surface area contributed by atoms with Crippen LogP contribution in [0.5, 0.6) is 0 Å². The Kier molecular flexibility index (Phi) is 2.30. The number of halogens is 1. The van der Waals surface area contributed by atoms with Gasteiger partial charge in [0.2, 0.25) is 0 Å². The molecule has 0 atom stereocenters. The maximum absolute atomic E-state index is 11.8. The van der Waals surface area contributed by atoms with Gasteiger partial charge in [-0.05, 0) is 41.6 Å². The number of carbonyl (C=O) groups is 2. The summed E-state index contributed by atoms with van der Waals surface area (Å²) < 4.78 is 0.842. The minimum Gasteiger partial charge on any atom is -0.275 e. The van der Waals surface area contributed by atoms with Crippen molar-refractivity contribution in [3.05, 3.63) is 32.9 Å². The van der Waals surface area contributed by atoms with Gasteiger partial charge in [0.1, 0.15) is 0 Å². The number of fused-ring (bicyclic) bond motifs is 1. The Morgan fingerprint density at radius 2 is 2.00 bits per heavy atom. The Hall–Kier alpha value is -0.910. The fourth-order valence-electron chi connectivity index (χ4n) is 1.58. The minimum absolute atomic E-state index is 0.169. The highest BCUT2D eigenvalue weighted by atomic mass is 127. The number of imide groups is 1. The molecular weight excluding hydrogens is 293 g/mol. The first-order valence-electron chi connectivity index (χ1n) is 4.31. The molecular formula is C10H8INO2. The van der Waals surface area contributed by atoms with Gasteiger partial charge in [0.15, 0.2) is 0 Å². The van der Waals surface area contributed by atoms with Crippen LogP contribution in [0.3, 0.4) is 0 Å². The SMILES string of the molecule is CCN1C(=O)c2cccc(I)c2C1=O. The average Bonchev–Trinajstić information content (AvgIpc) is 2.41. The molecule has 72 valence electrons. The van der Waals surface area contributed by atoms with Crippen LogP contribution in [0.1, 0.15) is 27.6 Å². The first-order valence-corrected chi connectivity index (χ1v) is 5.39. The highest BCUT2D eigenvalue weighted by molar-refractivity contribution is 14.1. The Labute approximate surface area is 95.2 Å². The minimum atomic E-state index is -0.175. The average molecular weight is 301 g/mol. The summed E-state index contributed by atoms with van der Waals surface area (Å²) in [6.07, 6.45) is 0. The van der Waals surface area contributed by atoms with E-state index >= 15 is 0 Å². The molecule has 0 aliphatic carbocycles. The zero-order valence-corrected chi connectivity index (χ0v) is 9.74. The molecule has 1 heterocycles. The third kappa shape index (κ3) is 1.17. The summed E-state index contributed by atoms with van der Waals surface area (Å²) >= 11 is 2.08. The first-order chi connectivity index (χ1) is 6.66. The molecule has 0 saturated heterocycles. The molecule has 1 aliphatic heterocycles. The number of benzene rings is 1. The van der Waals surface area contributed by atoms with Crippen LogP contribution in [0.15, 0.2) is 18.2 Å². The number of carbonyl (C=O) groups excluding carboxylic acids is 2. The lowest BCUT2D eigenvalue weighted by atomic mass is 10.1. The molecule has 4 heteroatoms. The second-order valence-corrected chi connectivity index (χ2v) is 4.18. The molecule has 2 amide bonds. The molecule has 2 rings (SSSR count). The second-order valence-electron chi connectivity index (χ2n) is 3.02. The van der Waals surface area contributed by atoms with Crippen LogP contribution in [-0.2, 0) is 0 Å². The molecule has 0 fully saturated rings. The Morgan fingerprint density at radius 3 is 2.57 bits per heavy atom. The predicted molar refractivity (Wildman–Crippen MR) is 60.2 cm³/mol. The smallest absolute Gasteiger partial charge is 0.262 e. The fourth-order valence-corrected chi connectivity index (χ4v) is 2.31. The van der Waals surface area contributed by atoms with E-state index in [9.17, 15) is 9.59 Å². The van der Waals surface area contributed by atoms with E-state index in [1.165, 1.54) is 4.90 Å². The summed E-state index contributed by atoms with van der Waals surface area (Å²) in [5.41, 5.74) is 1.09. The zero-order valence-electron chi connectivity index (χ0n) is 7.58. The van der Waals surface area contributed by atoms with Crippen molar-refractivity contribution in [1.29, 1.82) is 0 Å². The lowest BCUT2D eigenvalue weighted by molar-refractivity contribution is 0.0662.